The third-order valence-corrected chi connectivity index (χ3v) is 3.22. The van der Waals surface area contributed by atoms with Gasteiger partial charge in [-0.25, -0.2) is 4.98 Å². The van der Waals surface area contributed by atoms with E-state index in [1.807, 2.05) is 18.2 Å². The Hall–Kier alpha value is -1.51. The van der Waals surface area contributed by atoms with Crippen LogP contribution < -0.4 is 5.32 Å². The van der Waals surface area contributed by atoms with E-state index < -0.39 is 0 Å². The van der Waals surface area contributed by atoms with Crippen LogP contribution >= 0.6 is 22.9 Å². The number of halogens is 1. The molecule has 1 N–H and O–H groups in total. The van der Waals surface area contributed by atoms with Crippen molar-refractivity contribution in [2.75, 3.05) is 11.9 Å². The molecule has 2 aromatic heterocycles. The van der Waals surface area contributed by atoms with Crippen LogP contribution in [0.2, 0.25) is 5.15 Å². The summed E-state index contributed by atoms with van der Waals surface area (Å²) in [7, 11) is 0. The summed E-state index contributed by atoms with van der Waals surface area (Å²) in [4.78, 5) is 4.45. The molecular formula is C10H8ClN3OS. The minimum absolute atomic E-state index is 0.257. The van der Waals surface area contributed by atoms with E-state index in [-0.39, 0.29) is 5.15 Å². The molecule has 0 spiro atoms. The van der Waals surface area contributed by atoms with E-state index in [9.17, 15) is 0 Å². The molecule has 6 heteroatoms. The van der Waals surface area contributed by atoms with Crippen molar-refractivity contribution in [2.45, 2.75) is 6.42 Å². The van der Waals surface area contributed by atoms with Crippen molar-refractivity contribution < 1.29 is 4.42 Å². The van der Waals surface area contributed by atoms with Crippen LogP contribution in [-0.2, 0) is 6.42 Å². The Morgan fingerprint density at radius 2 is 2.50 bits per heavy atom. The number of nitrogens with zero attached hydrogens (tertiary/aromatic N) is 2. The van der Waals surface area contributed by atoms with Crippen molar-refractivity contribution >= 4 is 28.1 Å². The Morgan fingerprint density at radius 3 is 3.12 bits per heavy atom. The summed E-state index contributed by atoms with van der Waals surface area (Å²) in [6.07, 6.45) is 2.41. The van der Waals surface area contributed by atoms with E-state index in [2.05, 4.69) is 10.3 Å². The quantitative estimate of drug-likeness (QED) is 0.910. The first-order valence-electron chi connectivity index (χ1n) is 4.62. The Morgan fingerprint density at radius 1 is 1.62 bits per heavy atom. The van der Waals surface area contributed by atoms with Crippen molar-refractivity contribution in [3.8, 4) is 6.07 Å². The molecule has 2 aromatic rings. The van der Waals surface area contributed by atoms with Crippen LogP contribution in [0.5, 0.6) is 0 Å². The van der Waals surface area contributed by atoms with Gasteiger partial charge in [0.1, 0.15) is 16.7 Å². The lowest BCUT2D eigenvalue weighted by molar-refractivity contribution is 0.513. The SMILES string of the molecule is N#Cc1sc(NCCc2ccco2)nc1Cl. The van der Waals surface area contributed by atoms with Gasteiger partial charge in [-0.15, -0.1) is 0 Å². The van der Waals surface area contributed by atoms with E-state index in [4.69, 9.17) is 21.3 Å². The fourth-order valence-electron chi connectivity index (χ4n) is 1.19. The zero-order valence-electron chi connectivity index (χ0n) is 8.24. The molecule has 4 nitrogen and oxygen atoms in total. The molecule has 0 radical (unpaired) electrons. The Bertz CT molecular complexity index is 501. The lowest BCUT2D eigenvalue weighted by Gasteiger charge is -1.99. The maximum atomic E-state index is 8.70. The molecule has 16 heavy (non-hydrogen) atoms. The number of hydrogen-bond donors (Lipinski definition) is 1. The highest BCUT2D eigenvalue weighted by molar-refractivity contribution is 7.16. The minimum Gasteiger partial charge on any atom is -0.469 e. The van der Waals surface area contributed by atoms with Gasteiger partial charge in [-0.1, -0.05) is 22.9 Å². The molecular weight excluding hydrogens is 246 g/mol. The average Bonchev–Trinajstić information content (AvgIpc) is 2.88. The van der Waals surface area contributed by atoms with Crippen molar-refractivity contribution in [3.63, 3.8) is 0 Å². The van der Waals surface area contributed by atoms with Crippen molar-refractivity contribution in [2.24, 2.45) is 0 Å². The van der Waals surface area contributed by atoms with E-state index >= 15 is 0 Å². The molecule has 0 atom stereocenters. The average molecular weight is 254 g/mol. The van der Waals surface area contributed by atoms with Gasteiger partial charge in [0, 0.05) is 13.0 Å². The highest BCUT2D eigenvalue weighted by Crippen LogP contribution is 2.25. The van der Waals surface area contributed by atoms with Crippen LogP contribution in [0.1, 0.15) is 10.6 Å². The lowest BCUT2D eigenvalue weighted by atomic mass is 10.3. The van der Waals surface area contributed by atoms with E-state index in [0.29, 0.717) is 16.6 Å². The van der Waals surface area contributed by atoms with Gasteiger partial charge in [0.25, 0.3) is 0 Å². The minimum atomic E-state index is 0.257. The second-order valence-electron chi connectivity index (χ2n) is 3.01. The highest BCUT2D eigenvalue weighted by atomic mass is 35.5. The van der Waals surface area contributed by atoms with Crippen molar-refractivity contribution in [1.29, 1.82) is 5.26 Å². The number of thiazole rings is 1. The van der Waals surface area contributed by atoms with Crippen LogP contribution in [0.3, 0.4) is 0 Å². The normalized spacial score (nSPS) is 10.0. The van der Waals surface area contributed by atoms with Crippen LogP contribution in [-0.4, -0.2) is 11.5 Å². The second-order valence-corrected chi connectivity index (χ2v) is 4.36. The Balaban J connectivity index is 1.88. The second kappa shape index (κ2) is 5.01. The molecule has 0 fully saturated rings. The molecule has 0 amide bonds. The molecule has 0 bridgehead atoms. The maximum Gasteiger partial charge on any atom is 0.185 e. The molecule has 2 heterocycles. The van der Waals surface area contributed by atoms with Gasteiger partial charge in [0.15, 0.2) is 10.3 Å². The number of furan rings is 1. The summed E-state index contributed by atoms with van der Waals surface area (Å²) in [6.45, 7) is 0.697. The predicted molar refractivity (Wildman–Crippen MR) is 62.7 cm³/mol. The predicted octanol–water partition coefficient (Wildman–Crippen LogP) is 2.92. The molecule has 0 saturated carbocycles. The number of nitrogens with one attached hydrogen (secondary N) is 1. The first-order chi connectivity index (χ1) is 7.79. The molecule has 2 rings (SSSR count). The molecule has 82 valence electrons. The summed E-state index contributed by atoms with van der Waals surface area (Å²) < 4.78 is 5.19. The number of anilines is 1. The largest absolute Gasteiger partial charge is 0.469 e. The topological polar surface area (TPSA) is 61.9 Å². The number of rotatable bonds is 4. The monoisotopic (exact) mass is 253 g/mol. The van der Waals surface area contributed by atoms with Gasteiger partial charge in [0.05, 0.1) is 6.26 Å². The smallest absolute Gasteiger partial charge is 0.185 e. The summed E-state index contributed by atoms with van der Waals surface area (Å²) >= 11 is 6.99. The molecule has 0 aliphatic carbocycles. The Kier molecular flexibility index (Phi) is 3.44. The van der Waals surface area contributed by atoms with E-state index in [1.54, 1.807) is 6.26 Å². The summed E-state index contributed by atoms with van der Waals surface area (Å²) in [5.41, 5.74) is 0. The van der Waals surface area contributed by atoms with Crippen LogP contribution in [0.15, 0.2) is 22.8 Å². The summed E-state index contributed by atoms with van der Waals surface area (Å²) in [6, 6.07) is 5.75. The molecule has 0 aromatic carbocycles. The highest BCUT2D eigenvalue weighted by Gasteiger charge is 2.07. The third-order valence-electron chi connectivity index (χ3n) is 1.92. The van der Waals surface area contributed by atoms with E-state index in [1.165, 1.54) is 11.3 Å². The van der Waals surface area contributed by atoms with Gasteiger partial charge in [-0.05, 0) is 12.1 Å². The fourth-order valence-corrected chi connectivity index (χ4v) is 2.17. The Labute approximate surface area is 101 Å². The molecule has 0 unspecified atom stereocenters. The molecule has 0 saturated heterocycles. The van der Waals surface area contributed by atoms with Gasteiger partial charge < -0.3 is 9.73 Å². The maximum absolute atomic E-state index is 8.70. The lowest BCUT2D eigenvalue weighted by Crippen LogP contribution is -2.03. The number of nitriles is 1. The fraction of sp³-hybridized carbons (Fsp3) is 0.200. The number of aromatic nitrogens is 1. The molecule has 0 aliphatic heterocycles. The van der Waals surface area contributed by atoms with Gasteiger partial charge in [0.2, 0.25) is 0 Å². The van der Waals surface area contributed by atoms with Gasteiger partial charge >= 0.3 is 0 Å². The van der Waals surface area contributed by atoms with Crippen LogP contribution in [0, 0.1) is 11.3 Å². The van der Waals surface area contributed by atoms with Gasteiger partial charge in [-0.2, -0.15) is 5.26 Å². The van der Waals surface area contributed by atoms with Gasteiger partial charge in [-0.3, -0.25) is 0 Å². The zero-order chi connectivity index (χ0) is 11.4. The van der Waals surface area contributed by atoms with E-state index in [0.717, 1.165) is 12.2 Å². The molecule has 0 aliphatic rings. The van der Waals surface area contributed by atoms with Crippen molar-refractivity contribution in [1.82, 2.24) is 4.98 Å². The standard InChI is InChI=1S/C10H8ClN3OS/c11-9-8(6-12)16-10(14-9)13-4-3-7-2-1-5-15-7/h1-2,5H,3-4H2,(H,13,14). The summed E-state index contributed by atoms with van der Waals surface area (Å²) in [5, 5.41) is 12.7. The number of hydrogen-bond acceptors (Lipinski definition) is 5. The van der Waals surface area contributed by atoms with Crippen LogP contribution in [0.4, 0.5) is 5.13 Å². The zero-order valence-corrected chi connectivity index (χ0v) is 9.81. The third kappa shape index (κ3) is 2.54. The van der Waals surface area contributed by atoms with Crippen LogP contribution in [0.25, 0.3) is 0 Å². The van der Waals surface area contributed by atoms with Crippen molar-refractivity contribution in [3.05, 3.63) is 34.2 Å². The first kappa shape index (κ1) is 11.0. The summed E-state index contributed by atoms with van der Waals surface area (Å²) in [5.74, 6) is 0.913. The first-order valence-corrected chi connectivity index (χ1v) is 5.81.